The summed E-state index contributed by atoms with van der Waals surface area (Å²) in [4.78, 5) is 17.0. The topological polar surface area (TPSA) is 35.6 Å². The van der Waals surface area contributed by atoms with E-state index in [2.05, 4.69) is 42.9 Å². The van der Waals surface area contributed by atoms with E-state index in [0.29, 0.717) is 11.8 Å². The fourth-order valence-corrected chi connectivity index (χ4v) is 5.37. The van der Waals surface area contributed by atoms with Crippen LogP contribution in [-0.4, -0.2) is 61.0 Å². The predicted molar refractivity (Wildman–Crippen MR) is 104 cm³/mol. The molecule has 0 aromatic carbocycles. The number of piperazine rings is 1. The van der Waals surface area contributed by atoms with Crippen molar-refractivity contribution in [3.8, 4) is 0 Å². The molecule has 0 radical (unpaired) electrons. The fraction of sp³-hybridized carbons (Fsp3) is 0.857. The van der Waals surface area contributed by atoms with Crippen LogP contribution in [-0.2, 0) is 4.79 Å². The molecule has 0 saturated carbocycles. The van der Waals surface area contributed by atoms with Crippen LogP contribution in [0, 0.1) is 5.41 Å². The minimum atomic E-state index is 0.183. The van der Waals surface area contributed by atoms with Crippen molar-refractivity contribution >= 4 is 5.91 Å². The number of carbonyl (C=O) groups is 1. The zero-order valence-corrected chi connectivity index (χ0v) is 16.8. The van der Waals surface area contributed by atoms with Gasteiger partial charge < -0.3 is 5.32 Å². The maximum atomic E-state index is 11.8. The summed E-state index contributed by atoms with van der Waals surface area (Å²) in [5.74, 6) is 0.229. The number of amides is 1. The maximum absolute atomic E-state index is 11.8. The molecule has 0 bridgehead atoms. The summed E-state index contributed by atoms with van der Waals surface area (Å²) in [5.41, 5.74) is 3.92. The first-order chi connectivity index (χ1) is 11.8. The van der Waals surface area contributed by atoms with Crippen molar-refractivity contribution in [2.75, 3.05) is 39.8 Å². The quantitative estimate of drug-likeness (QED) is 0.797. The SMILES string of the molecule is CC1=C(CCN2CCN(C)[C@]3(CCNC(=O)CC3)C2)C(C)(C)CCC1. The summed E-state index contributed by atoms with van der Waals surface area (Å²) >= 11 is 0. The normalized spacial score (nSPS) is 31.9. The number of nitrogens with zero attached hydrogens (tertiary/aromatic N) is 2. The fourth-order valence-electron chi connectivity index (χ4n) is 5.37. The molecule has 2 saturated heterocycles. The number of hydrogen-bond acceptors (Lipinski definition) is 3. The van der Waals surface area contributed by atoms with Gasteiger partial charge in [0.2, 0.25) is 5.91 Å². The summed E-state index contributed by atoms with van der Waals surface area (Å²) in [6.45, 7) is 12.6. The number of hydrogen-bond donors (Lipinski definition) is 1. The molecule has 1 atom stereocenters. The van der Waals surface area contributed by atoms with Crippen LogP contribution in [0.4, 0.5) is 0 Å². The molecule has 25 heavy (non-hydrogen) atoms. The number of nitrogens with one attached hydrogen (secondary N) is 1. The molecular weight excluding hydrogens is 310 g/mol. The second-order valence-corrected chi connectivity index (χ2v) is 9.27. The van der Waals surface area contributed by atoms with Gasteiger partial charge in [0.25, 0.3) is 0 Å². The summed E-state index contributed by atoms with van der Waals surface area (Å²) in [6.07, 6.45) is 7.95. The molecule has 1 N–H and O–H groups in total. The highest BCUT2D eigenvalue weighted by molar-refractivity contribution is 5.76. The highest BCUT2D eigenvalue weighted by atomic mass is 16.1. The summed E-state index contributed by atoms with van der Waals surface area (Å²) < 4.78 is 0. The number of rotatable bonds is 3. The van der Waals surface area contributed by atoms with Crippen molar-refractivity contribution in [2.24, 2.45) is 5.41 Å². The van der Waals surface area contributed by atoms with E-state index in [1.807, 2.05) is 0 Å². The lowest BCUT2D eigenvalue weighted by atomic mass is 9.71. The van der Waals surface area contributed by atoms with Crippen LogP contribution in [0.25, 0.3) is 0 Å². The van der Waals surface area contributed by atoms with E-state index < -0.39 is 0 Å². The summed E-state index contributed by atoms with van der Waals surface area (Å²) in [5, 5.41) is 3.06. The van der Waals surface area contributed by atoms with Gasteiger partial charge in [-0.15, -0.1) is 0 Å². The van der Waals surface area contributed by atoms with Gasteiger partial charge >= 0.3 is 0 Å². The lowest BCUT2D eigenvalue weighted by molar-refractivity contribution is -0.121. The van der Waals surface area contributed by atoms with Crippen LogP contribution in [0.15, 0.2) is 11.1 Å². The third kappa shape index (κ3) is 4.11. The third-order valence-electron chi connectivity index (χ3n) is 7.17. The molecular formula is C21H37N3O. The average Bonchev–Trinajstić information content (AvgIpc) is 2.72. The summed E-state index contributed by atoms with van der Waals surface area (Å²) in [6, 6.07) is 0. The largest absolute Gasteiger partial charge is 0.356 e. The standard InChI is InChI=1S/C21H37N3O/c1-17-6-5-9-20(2,3)18(17)8-13-24-15-14-23(4)21(16-24)10-7-19(25)22-12-11-21/h5-16H2,1-4H3,(H,22,25)/t21-/m1/s1. The molecule has 3 aliphatic rings. The van der Waals surface area contributed by atoms with Crippen LogP contribution < -0.4 is 5.32 Å². The van der Waals surface area contributed by atoms with E-state index >= 15 is 0 Å². The minimum Gasteiger partial charge on any atom is -0.356 e. The maximum Gasteiger partial charge on any atom is 0.220 e. The van der Waals surface area contributed by atoms with Crippen LogP contribution in [0.3, 0.4) is 0 Å². The van der Waals surface area contributed by atoms with Gasteiger partial charge in [-0.05, 0) is 57.9 Å². The van der Waals surface area contributed by atoms with Crippen molar-refractivity contribution in [1.82, 2.24) is 15.1 Å². The Morgan fingerprint density at radius 2 is 1.92 bits per heavy atom. The first kappa shape index (κ1) is 18.9. The smallest absolute Gasteiger partial charge is 0.220 e. The van der Waals surface area contributed by atoms with Crippen molar-refractivity contribution in [2.45, 2.75) is 71.3 Å². The highest BCUT2D eigenvalue weighted by Crippen LogP contribution is 2.42. The first-order valence-corrected chi connectivity index (χ1v) is 10.2. The second-order valence-electron chi connectivity index (χ2n) is 9.27. The van der Waals surface area contributed by atoms with E-state index in [1.54, 1.807) is 11.1 Å². The number of carbonyl (C=O) groups excluding carboxylic acids is 1. The van der Waals surface area contributed by atoms with E-state index in [9.17, 15) is 4.79 Å². The zero-order valence-electron chi connectivity index (χ0n) is 16.8. The number of allylic oxidation sites excluding steroid dienone is 1. The molecule has 0 aromatic heterocycles. The average molecular weight is 348 g/mol. The van der Waals surface area contributed by atoms with Gasteiger partial charge in [0, 0.05) is 44.7 Å². The van der Waals surface area contributed by atoms with Gasteiger partial charge in [0.1, 0.15) is 0 Å². The monoisotopic (exact) mass is 347 g/mol. The second kappa shape index (κ2) is 7.40. The Morgan fingerprint density at radius 1 is 1.12 bits per heavy atom. The van der Waals surface area contributed by atoms with Crippen LogP contribution in [0.2, 0.25) is 0 Å². The zero-order chi connectivity index (χ0) is 18.1. The molecule has 1 aliphatic carbocycles. The Hall–Kier alpha value is -0.870. The Kier molecular flexibility index (Phi) is 5.60. The van der Waals surface area contributed by atoms with Crippen molar-refractivity contribution in [1.29, 1.82) is 0 Å². The van der Waals surface area contributed by atoms with E-state index in [4.69, 9.17) is 0 Å². The van der Waals surface area contributed by atoms with Crippen LogP contribution in [0.5, 0.6) is 0 Å². The van der Waals surface area contributed by atoms with Crippen LogP contribution >= 0.6 is 0 Å². The molecule has 2 fully saturated rings. The lowest BCUT2D eigenvalue weighted by Gasteiger charge is -2.49. The van der Waals surface area contributed by atoms with E-state index in [1.165, 1.54) is 32.2 Å². The first-order valence-electron chi connectivity index (χ1n) is 10.2. The Bertz CT molecular complexity index is 539. The molecule has 3 rings (SSSR count). The van der Waals surface area contributed by atoms with Crippen molar-refractivity contribution < 1.29 is 4.79 Å². The number of likely N-dealkylation sites (N-methyl/N-ethyl adjacent to an activating group) is 1. The molecule has 2 aliphatic heterocycles. The van der Waals surface area contributed by atoms with Crippen molar-refractivity contribution in [3.05, 3.63) is 11.1 Å². The van der Waals surface area contributed by atoms with Gasteiger partial charge in [-0.2, -0.15) is 0 Å². The molecule has 4 heteroatoms. The van der Waals surface area contributed by atoms with Gasteiger partial charge in [-0.1, -0.05) is 25.0 Å². The van der Waals surface area contributed by atoms with Gasteiger partial charge in [-0.25, -0.2) is 0 Å². The minimum absolute atomic E-state index is 0.183. The Morgan fingerprint density at radius 3 is 2.68 bits per heavy atom. The molecule has 4 nitrogen and oxygen atoms in total. The van der Waals surface area contributed by atoms with E-state index in [0.717, 1.165) is 39.0 Å². The molecule has 0 unspecified atom stereocenters. The van der Waals surface area contributed by atoms with Crippen molar-refractivity contribution in [3.63, 3.8) is 0 Å². The molecule has 142 valence electrons. The highest BCUT2D eigenvalue weighted by Gasteiger charge is 2.41. The molecule has 1 spiro atoms. The van der Waals surface area contributed by atoms with Gasteiger partial charge in [-0.3, -0.25) is 14.6 Å². The van der Waals surface area contributed by atoms with Crippen LogP contribution in [0.1, 0.15) is 65.7 Å². The van der Waals surface area contributed by atoms with E-state index in [-0.39, 0.29) is 11.4 Å². The molecule has 2 heterocycles. The molecule has 0 aromatic rings. The predicted octanol–water partition coefficient (Wildman–Crippen LogP) is 3.19. The van der Waals surface area contributed by atoms with Gasteiger partial charge in [0.15, 0.2) is 0 Å². The third-order valence-corrected chi connectivity index (χ3v) is 7.17. The molecule has 1 amide bonds. The lowest BCUT2D eigenvalue weighted by Crippen LogP contribution is -2.61. The Balaban J connectivity index is 1.65. The van der Waals surface area contributed by atoms with Gasteiger partial charge in [0.05, 0.1) is 0 Å². The Labute approximate surface area is 154 Å². The summed E-state index contributed by atoms with van der Waals surface area (Å²) in [7, 11) is 2.25.